The fourth-order valence-electron chi connectivity index (χ4n) is 0.751. The lowest BCUT2D eigenvalue weighted by Crippen LogP contribution is -2.05. The zero-order valence-corrected chi connectivity index (χ0v) is 8.48. The van der Waals surface area contributed by atoms with Crippen molar-refractivity contribution in [1.29, 1.82) is 0 Å². The van der Waals surface area contributed by atoms with Gasteiger partial charge in [-0.25, -0.2) is 4.39 Å². The maximum absolute atomic E-state index is 12.7. The summed E-state index contributed by atoms with van der Waals surface area (Å²) in [5.41, 5.74) is 0. The Balaban J connectivity index is 2.82. The van der Waals surface area contributed by atoms with Gasteiger partial charge in [0.05, 0.1) is 10.6 Å². The second-order valence-corrected chi connectivity index (χ2v) is 3.51. The molecule has 1 nitrogen and oxygen atoms in total. The van der Waals surface area contributed by atoms with E-state index in [9.17, 15) is 4.39 Å². The standard InChI is InChI=1S/C9H9BrFO/c1-6(2)12-7-3-4-9(11)8(10)5-7/h4-6H,1-2H3. The molecule has 0 spiro atoms. The number of hydrogen-bond acceptors (Lipinski definition) is 1. The van der Waals surface area contributed by atoms with Gasteiger partial charge in [-0.05, 0) is 41.9 Å². The van der Waals surface area contributed by atoms with Gasteiger partial charge in [0.1, 0.15) is 11.6 Å². The van der Waals surface area contributed by atoms with Gasteiger partial charge in [-0.15, -0.1) is 0 Å². The van der Waals surface area contributed by atoms with Crippen LogP contribution in [0.5, 0.6) is 5.75 Å². The predicted octanol–water partition coefficient (Wildman–Crippen LogP) is 3.18. The maximum Gasteiger partial charge on any atom is 0.138 e. The van der Waals surface area contributed by atoms with Crippen LogP contribution in [0.15, 0.2) is 16.6 Å². The Kier molecular flexibility index (Phi) is 3.09. The van der Waals surface area contributed by atoms with Crippen molar-refractivity contribution in [1.82, 2.24) is 0 Å². The topological polar surface area (TPSA) is 9.23 Å². The zero-order valence-electron chi connectivity index (χ0n) is 6.90. The SMILES string of the molecule is CC(C)Oc1[c]cc(F)c(Br)c1. The average molecular weight is 232 g/mol. The van der Waals surface area contributed by atoms with Crippen molar-refractivity contribution in [3.63, 3.8) is 0 Å². The highest BCUT2D eigenvalue weighted by molar-refractivity contribution is 9.10. The highest BCUT2D eigenvalue weighted by Gasteiger charge is 2.02. The van der Waals surface area contributed by atoms with Gasteiger partial charge in [-0.2, -0.15) is 0 Å². The van der Waals surface area contributed by atoms with Crippen LogP contribution in [0, 0.1) is 11.9 Å². The molecule has 0 atom stereocenters. The molecule has 0 heterocycles. The summed E-state index contributed by atoms with van der Waals surface area (Å²) >= 11 is 3.06. The number of rotatable bonds is 2. The third-order valence-corrected chi connectivity index (χ3v) is 1.80. The fraction of sp³-hybridized carbons (Fsp3) is 0.333. The molecule has 1 rings (SSSR count). The number of halogens is 2. The lowest BCUT2D eigenvalue weighted by molar-refractivity contribution is 0.241. The van der Waals surface area contributed by atoms with Crippen LogP contribution in [0.3, 0.4) is 0 Å². The molecule has 65 valence electrons. The summed E-state index contributed by atoms with van der Waals surface area (Å²) in [6.45, 7) is 3.82. The van der Waals surface area contributed by atoms with Crippen molar-refractivity contribution in [3.8, 4) is 5.75 Å². The van der Waals surface area contributed by atoms with Crippen molar-refractivity contribution in [2.24, 2.45) is 0 Å². The Morgan fingerprint density at radius 2 is 2.25 bits per heavy atom. The van der Waals surface area contributed by atoms with Crippen LogP contribution in [0.2, 0.25) is 0 Å². The van der Waals surface area contributed by atoms with Gasteiger partial charge in [0.15, 0.2) is 0 Å². The molecule has 1 aromatic rings. The highest BCUT2D eigenvalue weighted by Crippen LogP contribution is 2.21. The molecular weight excluding hydrogens is 223 g/mol. The second kappa shape index (κ2) is 3.90. The van der Waals surface area contributed by atoms with Crippen LogP contribution in [0.1, 0.15) is 13.8 Å². The molecule has 0 aliphatic rings. The lowest BCUT2D eigenvalue weighted by Gasteiger charge is -2.08. The third-order valence-electron chi connectivity index (χ3n) is 1.19. The van der Waals surface area contributed by atoms with E-state index in [1.54, 1.807) is 6.07 Å². The van der Waals surface area contributed by atoms with E-state index >= 15 is 0 Å². The first kappa shape index (κ1) is 9.52. The molecule has 0 fully saturated rings. The second-order valence-electron chi connectivity index (χ2n) is 2.66. The van der Waals surface area contributed by atoms with E-state index in [-0.39, 0.29) is 11.9 Å². The Bertz CT molecular complexity index is 273. The summed E-state index contributed by atoms with van der Waals surface area (Å²) in [6, 6.07) is 5.50. The van der Waals surface area contributed by atoms with Gasteiger partial charge in [-0.3, -0.25) is 0 Å². The van der Waals surface area contributed by atoms with Crippen LogP contribution in [0.4, 0.5) is 4.39 Å². The van der Waals surface area contributed by atoms with Crippen LogP contribution >= 0.6 is 15.9 Å². The maximum atomic E-state index is 12.7. The monoisotopic (exact) mass is 231 g/mol. The Labute approximate surface area is 79.7 Å². The number of ether oxygens (including phenoxy) is 1. The van der Waals surface area contributed by atoms with E-state index in [0.717, 1.165) is 0 Å². The van der Waals surface area contributed by atoms with E-state index in [0.29, 0.717) is 10.2 Å². The van der Waals surface area contributed by atoms with Crippen LogP contribution < -0.4 is 4.74 Å². The summed E-state index contributed by atoms with van der Waals surface area (Å²) in [7, 11) is 0. The van der Waals surface area contributed by atoms with Gasteiger partial charge in [0, 0.05) is 6.07 Å². The summed E-state index contributed by atoms with van der Waals surface area (Å²) < 4.78 is 18.4. The molecule has 1 aromatic carbocycles. The third kappa shape index (κ3) is 2.48. The smallest absolute Gasteiger partial charge is 0.138 e. The Morgan fingerprint density at radius 3 is 2.75 bits per heavy atom. The van der Waals surface area contributed by atoms with Crippen molar-refractivity contribution < 1.29 is 9.13 Å². The first-order valence-corrected chi connectivity index (χ1v) is 4.42. The largest absolute Gasteiger partial charge is 0.490 e. The molecule has 0 amide bonds. The quantitative estimate of drug-likeness (QED) is 0.760. The summed E-state index contributed by atoms with van der Waals surface area (Å²) in [5.74, 6) is 0.226. The zero-order chi connectivity index (χ0) is 9.14. The van der Waals surface area contributed by atoms with Crippen molar-refractivity contribution in [3.05, 3.63) is 28.5 Å². The molecule has 0 saturated heterocycles. The fourth-order valence-corrected chi connectivity index (χ4v) is 1.07. The molecule has 1 radical (unpaired) electrons. The summed E-state index contributed by atoms with van der Waals surface area (Å²) in [5, 5.41) is 0. The molecule has 0 unspecified atom stereocenters. The van der Waals surface area contributed by atoms with Crippen LogP contribution in [-0.4, -0.2) is 6.10 Å². The first-order valence-electron chi connectivity index (χ1n) is 3.63. The predicted molar refractivity (Wildman–Crippen MR) is 48.7 cm³/mol. The molecule has 0 N–H and O–H groups in total. The van der Waals surface area contributed by atoms with Gasteiger partial charge >= 0.3 is 0 Å². The Hall–Kier alpha value is -0.570. The van der Waals surface area contributed by atoms with E-state index < -0.39 is 0 Å². The van der Waals surface area contributed by atoms with Gasteiger partial charge in [0.2, 0.25) is 0 Å². The number of benzene rings is 1. The van der Waals surface area contributed by atoms with E-state index in [4.69, 9.17) is 4.74 Å². The summed E-state index contributed by atoms with van der Waals surface area (Å²) in [6.07, 6.45) is 0.0820. The first-order chi connectivity index (χ1) is 5.59. The van der Waals surface area contributed by atoms with E-state index in [1.807, 2.05) is 13.8 Å². The average Bonchev–Trinajstić information content (AvgIpc) is 1.96. The minimum Gasteiger partial charge on any atom is -0.490 e. The van der Waals surface area contributed by atoms with Gasteiger partial charge in [0.25, 0.3) is 0 Å². The minimum atomic E-state index is -0.328. The molecule has 12 heavy (non-hydrogen) atoms. The van der Waals surface area contributed by atoms with Gasteiger partial charge in [-0.1, -0.05) is 0 Å². The van der Waals surface area contributed by atoms with Gasteiger partial charge < -0.3 is 4.74 Å². The van der Waals surface area contributed by atoms with Crippen molar-refractivity contribution >= 4 is 15.9 Å². The molecule has 0 aliphatic carbocycles. The molecule has 0 aromatic heterocycles. The highest BCUT2D eigenvalue weighted by atomic mass is 79.9. The molecule has 3 heteroatoms. The Morgan fingerprint density at radius 1 is 1.58 bits per heavy atom. The number of hydrogen-bond donors (Lipinski definition) is 0. The molecular formula is C9H9BrFO. The molecule has 0 aliphatic heterocycles. The van der Waals surface area contributed by atoms with E-state index in [1.165, 1.54) is 6.07 Å². The van der Waals surface area contributed by atoms with Crippen molar-refractivity contribution in [2.75, 3.05) is 0 Å². The van der Waals surface area contributed by atoms with Crippen LogP contribution in [-0.2, 0) is 0 Å². The van der Waals surface area contributed by atoms with Crippen molar-refractivity contribution in [2.45, 2.75) is 20.0 Å². The molecule has 0 bridgehead atoms. The normalized spacial score (nSPS) is 10.4. The van der Waals surface area contributed by atoms with E-state index in [2.05, 4.69) is 22.0 Å². The minimum absolute atomic E-state index is 0.0820. The van der Waals surface area contributed by atoms with Crippen LogP contribution in [0.25, 0.3) is 0 Å². The molecule has 0 saturated carbocycles. The summed E-state index contributed by atoms with van der Waals surface area (Å²) in [4.78, 5) is 0. The lowest BCUT2D eigenvalue weighted by atomic mass is 10.3.